The monoisotopic (exact) mass is 426 g/mol. The van der Waals surface area contributed by atoms with Crippen LogP contribution in [0.15, 0.2) is 52.3 Å². The molecule has 2 aromatic rings. The third kappa shape index (κ3) is 5.25. The van der Waals surface area contributed by atoms with E-state index < -0.39 is 15.9 Å². The van der Waals surface area contributed by atoms with E-state index in [4.69, 9.17) is 11.6 Å². The average Bonchev–Trinajstić information content (AvgIpc) is 2.67. The van der Waals surface area contributed by atoms with Gasteiger partial charge in [-0.15, -0.1) is 11.8 Å². The van der Waals surface area contributed by atoms with Gasteiger partial charge in [0.25, 0.3) is 5.91 Å². The predicted octanol–water partition coefficient (Wildman–Crippen LogP) is 4.02. The van der Waals surface area contributed by atoms with E-state index in [9.17, 15) is 13.2 Å². The Hall–Kier alpha value is -1.54. The lowest BCUT2D eigenvalue weighted by molar-refractivity contribution is 0.0951. The van der Waals surface area contributed by atoms with Gasteiger partial charge in [0.1, 0.15) is 0 Å². The number of thioether (sulfide) groups is 1. The molecule has 0 aliphatic heterocycles. The molecule has 5 nitrogen and oxygen atoms in total. The molecule has 0 atom stereocenters. The summed E-state index contributed by atoms with van der Waals surface area (Å²) < 4.78 is 26.7. The Morgan fingerprint density at radius 3 is 2.30 bits per heavy atom. The lowest BCUT2D eigenvalue weighted by atomic mass is 10.2. The predicted molar refractivity (Wildman–Crippen MR) is 111 cm³/mol. The Kier molecular flexibility index (Phi) is 7.73. The second-order valence-electron chi connectivity index (χ2n) is 5.76. The number of carbonyl (C=O) groups excluding carboxylic acids is 1. The molecule has 0 saturated heterocycles. The van der Waals surface area contributed by atoms with Gasteiger partial charge < -0.3 is 5.32 Å². The van der Waals surface area contributed by atoms with E-state index in [0.29, 0.717) is 19.6 Å². The largest absolute Gasteiger partial charge is 0.348 e. The number of benzene rings is 2. The number of carbonyl (C=O) groups is 1. The first-order valence-electron chi connectivity index (χ1n) is 8.54. The van der Waals surface area contributed by atoms with Crippen molar-refractivity contribution in [3.05, 3.63) is 58.6 Å². The maximum absolute atomic E-state index is 12.7. The lowest BCUT2D eigenvalue weighted by Crippen LogP contribution is -2.31. The van der Waals surface area contributed by atoms with Gasteiger partial charge in [0, 0.05) is 24.5 Å². The summed E-state index contributed by atoms with van der Waals surface area (Å²) in [7, 11) is -3.66. The fraction of sp³-hybridized carbons (Fsp3) is 0.316. The minimum Gasteiger partial charge on any atom is -0.348 e. The molecule has 2 aromatic carbocycles. The normalized spacial score (nSPS) is 11.6. The van der Waals surface area contributed by atoms with Crippen LogP contribution < -0.4 is 5.32 Å². The van der Waals surface area contributed by atoms with Gasteiger partial charge in [-0.25, -0.2) is 8.42 Å². The highest BCUT2D eigenvalue weighted by Gasteiger charge is 2.23. The van der Waals surface area contributed by atoms with Crippen molar-refractivity contribution in [3.8, 4) is 0 Å². The van der Waals surface area contributed by atoms with Crippen molar-refractivity contribution in [1.29, 1.82) is 0 Å². The molecule has 2 rings (SSSR count). The van der Waals surface area contributed by atoms with E-state index in [1.54, 1.807) is 25.6 Å². The van der Waals surface area contributed by atoms with Crippen LogP contribution in [0.2, 0.25) is 5.02 Å². The fourth-order valence-electron chi connectivity index (χ4n) is 2.57. The third-order valence-corrected chi connectivity index (χ3v) is 7.26. The van der Waals surface area contributed by atoms with Gasteiger partial charge in [-0.1, -0.05) is 37.6 Å². The summed E-state index contributed by atoms with van der Waals surface area (Å²) in [5, 5.41) is 3.00. The highest BCUT2D eigenvalue weighted by molar-refractivity contribution is 7.98. The number of nitrogens with zero attached hydrogens (tertiary/aromatic N) is 1. The first kappa shape index (κ1) is 21.8. The summed E-state index contributed by atoms with van der Waals surface area (Å²) in [5.74, 6) is -0.412. The molecule has 8 heteroatoms. The van der Waals surface area contributed by atoms with Crippen LogP contribution in [0.5, 0.6) is 0 Å². The zero-order chi connectivity index (χ0) is 20.0. The lowest BCUT2D eigenvalue weighted by Gasteiger charge is -2.19. The summed E-state index contributed by atoms with van der Waals surface area (Å²) >= 11 is 7.78. The molecule has 1 amide bonds. The average molecular weight is 427 g/mol. The molecule has 0 aliphatic carbocycles. The second-order valence-corrected chi connectivity index (χ2v) is 8.99. The number of hydrogen-bond acceptors (Lipinski definition) is 4. The SMILES string of the molecule is CCN(CC)S(=O)(=O)c1ccc(Cl)c(C(=O)NCc2ccc(SC)cc2)c1. The van der Waals surface area contributed by atoms with Crippen molar-refractivity contribution in [2.24, 2.45) is 0 Å². The molecule has 0 aromatic heterocycles. The first-order chi connectivity index (χ1) is 12.8. The molecule has 0 unspecified atom stereocenters. The first-order valence-corrected chi connectivity index (χ1v) is 11.6. The number of sulfonamides is 1. The van der Waals surface area contributed by atoms with Gasteiger partial charge in [0.2, 0.25) is 10.0 Å². The fourth-order valence-corrected chi connectivity index (χ4v) is 4.67. The zero-order valence-electron chi connectivity index (χ0n) is 15.5. The number of nitrogens with one attached hydrogen (secondary N) is 1. The summed E-state index contributed by atoms with van der Waals surface area (Å²) in [6.45, 7) is 4.58. The van der Waals surface area contributed by atoms with Crippen LogP contribution in [0.4, 0.5) is 0 Å². The van der Waals surface area contributed by atoms with Crippen molar-refractivity contribution >= 4 is 39.3 Å². The van der Waals surface area contributed by atoms with Gasteiger partial charge in [0.15, 0.2) is 0 Å². The number of rotatable bonds is 8. The molecule has 0 aliphatic rings. The van der Waals surface area contributed by atoms with Crippen LogP contribution in [-0.4, -0.2) is 38.0 Å². The van der Waals surface area contributed by atoms with Crippen molar-refractivity contribution in [2.45, 2.75) is 30.2 Å². The molecule has 0 saturated carbocycles. The van der Waals surface area contributed by atoms with Gasteiger partial charge >= 0.3 is 0 Å². The molecule has 1 N–H and O–H groups in total. The molecule has 0 bridgehead atoms. The third-order valence-electron chi connectivity index (χ3n) is 4.14. The molecule has 0 heterocycles. The number of hydrogen-bond donors (Lipinski definition) is 1. The van der Waals surface area contributed by atoms with E-state index in [2.05, 4.69) is 5.32 Å². The molecular weight excluding hydrogens is 404 g/mol. The van der Waals surface area contributed by atoms with Crippen LogP contribution in [-0.2, 0) is 16.6 Å². The Morgan fingerprint density at radius 2 is 1.74 bits per heavy atom. The molecule has 0 spiro atoms. The van der Waals surface area contributed by atoms with Crippen molar-refractivity contribution in [2.75, 3.05) is 19.3 Å². The van der Waals surface area contributed by atoms with Gasteiger partial charge in [-0.05, 0) is 42.2 Å². The van der Waals surface area contributed by atoms with Crippen molar-refractivity contribution < 1.29 is 13.2 Å². The van der Waals surface area contributed by atoms with E-state index >= 15 is 0 Å². The van der Waals surface area contributed by atoms with Crippen molar-refractivity contribution in [3.63, 3.8) is 0 Å². The highest BCUT2D eigenvalue weighted by atomic mass is 35.5. The minimum atomic E-state index is -3.66. The maximum Gasteiger partial charge on any atom is 0.253 e. The van der Waals surface area contributed by atoms with Crippen LogP contribution >= 0.6 is 23.4 Å². The Balaban J connectivity index is 2.20. The van der Waals surface area contributed by atoms with Gasteiger partial charge in [0.05, 0.1) is 15.5 Å². The molecule has 146 valence electrons. The van der Waals surface area contributed by atoms with E-state index in [0.717, 1.165) is 10.5 Å². The van der Waals surface area contributed by atoms with E-state index in [1.165, 1.54) is 22.5 Å². The topological polar surface area (TPSA) is 66.5 Å². The summed E-state index contributed by atoms with van der Waals surface area (Å²) in [4.78, 5) is 13.7. The standard InChI is InChI=1S/C19H23ClN2O3S2/c1-4-22(5-2)27(24,25)16-10-11-18(20)17(12-16)19(23)21-13-14-6-8-15(26-3)9-7-14/h6-12H,4-5,13H2,1-3H3,(H,21,23). The number of halogens is 1. The summed E-state index contributed by atoms with van der Waals surface area (Å²) in [6, 6.07) is 12.0. The maximum atomic E-state index is 12.7. The van der Waals surface area contributed by atoms with Crippen LogP contribution in [0, 0.1) is 0 Å². The molecule has 0 radical (unpaired) electrons. The zero-order valence-corrected chi connectivity index (χ0v) is 17.9. The van der Waals surface area contributed by atoms with Gasteiger partial charge in [-0.2, -0.15) is 4.31 Å². The van der Waals surface area contributed by atoms with Crippen LogP contribution in [0.25, 0.3) is 0 Å². The van der Waals surface area contributed by atoms with E-state index in [1.807, 2.05) is 30.5 Å². The summed E-state index contributed by atoms with van der Waals surface area (Å²) in [6.07, 6.45) is 2.00. The second kappa shape index (κ2) is 9.59. The molecule has 27 heavy (non-hydrogen) atoms. The minimum absolute atomic E-state index is 0.0603. The Labute approximate surface area is 170 Å². The van der Waals surface area contributed by atoms with Crippen molar-refractivity contribution in [1.82, 2.24) is 9.62 Å². The molecular formula is C19H23ClN2O3S2. The van der Waals surface area contributed by atoms with Crippen LogP contribution in [0.3, 0.4) is 0 Å². The van der Waals surface area contributed by atoms with Crippen LogP contribution in [0.1, 0.15) is 29.8 Å². The Morgan fingerprint density at radius 1 is 1.11 bits per heavy atom. The highest BCUT2D eigenvalue weighted by Crippen LogP contribution is 2.23. The molecule has 0 fully saturated rings. The van der Waals surface area contributed by atoms with Gasteiger partial charge in [-0.3, -0.25) is 4.79 Å². The quantitative estimate of drug-likeness (QED) is 0.647. The summed E-state index contributed by atoms with van der Waals surface area (Å²) in [5.41, 5.74) is 1.09. The smallest absolute Gasteiger partial charge is 0.253 e. The number of amides is 1. The van der Waals surface area contributed by atoms with E-state index in [-0.39, 0.29) is 15.5 Å². The Bertz CT molecular complexity index is 896.